The number of nitrogens with zero attached hydrogens (tertiary/aromatic N) is 4. The molecule has 2 unspecified atom stereocenters. The van der Waals surface area contributed by atoms with Gasteiger partial charge >= 0.3 is 6.09 Å². The van der Waals surface area contributed by atoms with Gasteiger partial charge in [-0.25, -0.2) is 14.8 Å². The zero-order valence-corrected chi connectivity index (χ0v) is 14.3. The van der Waals surface area contributed by atoms with E-state index in [1.54, 1.807) is 12.4 Å². The van der Waals surface area contributed by atoms with Crippen LogP contribution in [0.5, 0.6) is 0 Å². The Bertz CT molecular complexity index is 697. The molecule has 1 aromatic heterocycles. The summed E-state index contributed by atoms with van der Waals surface area (Å²) in [6.45, 7) is 5.67. The predicted molar refractivity (Wildman–Crippen MR) is 88.8 cm³/mol. The number of hydrogen-bond donors (Lipinski definition) is 0. The molecule has 2 aliphatic heterocycles. The van der Waals surface area contributed by atoms with E-state index >= 15 is 0 Å². The van der Waals surface area contributed by atoms with E-state index in [1.807, 2.05) is 31.7 Å². The first-order valence-corrected chi connectivity index (χ1v) is 8.32. The van der Waals surface area contributed by atoms with E-state index in [-0.39, 0.29) is 24.0 Å². The maximum Gasteiger partial charge on any atom is 0.411 e. The molecule has 6 nitrogen and oxygen atoms in total. The van der Waals surface area contributed by atoms with Gasteiger partial charge in [-0.3, -0.25) is 4.90 Å². The van der Waals surface area contributed by atoms with Gasteiger partial charge in [-0.1, -0.05) is 6.08 Å². The van der Waals surface area contributed by atoms with Crippen LogP contribution in [-0.4, -0.2) is 38.6 Å². The molecule has 0 aromatic carbocycles. The first-order chi connectivity index (χ1) is 11.4. The van der Waals surface area contributed by atoms with E-state index in [9.17, 15) is 4.79 Å². The maximum absolute atomic E-state index is 12.6. The van der Waals surface area contributed by atoms with Gasteiger partial charge in [0.1, 0.15) is 11.7 Å². The Morgan fingerprint density at radius 1 is 1.33 bits per heavy atom. The number of carbonyl (C=O) groups excluding carboxylic acids is 1. The summed E-state index contributed by atoms with van der Waals surface area (Å²) in [4.78, 5) is 22.6. The highest BCUT2D eigenvalue weighted by atomic mass is 16.6. The van der Waals surface area contributed by atoms with Crippen LogP contribution in [0.4, 0.5) is 4.79 Å². The molecule has 126 valence electrons. The van der Waals surface area contributed by atoms with E-state index in [2.05, 4.69) is 16.0 Å². The van der Waals surface area contributed by atoms with Crippen molar-refractivity contribution >= 4 is 11.7 Å². The summed E-state index contributed by atoms with van der Waals surface area (Å²) in [5, 5.41) is 8.81. The number of amides is 1. The first kappa shape index (κ1) is 16.4. The van der Waals surface area contributed by atoms with Crippen LogP contribution < -0.4 is 0 Å². The first-order valence-electron chi connectivity index (χ1n) is 8.32. The topological polar surface area (TPSA) is 79.1 Å². The second kappa shape index (κ2) is 6.23. The minimum absolute atomic E-state index is 0.0537. The van der Waals surface area contributed by atoms with Gasteiger partial charge in [0.2, 0.25) is 5.82 Å². The molecule has 1 aromatic rings. The third-order valence-corrected chi connectivity index (χ3v) is 4.36. The largest absolute Gasteiger partial charge is 0.444 e. The van der Waals surface area contributed by atoms with Crippen molar-refractivity contribution < 1.29 is 9.53 Å². The van der Waals surface area contributed by atoms with Crippen molar-refractivity contribution in [3.05, 3.63) is 29.9 Å². The van der Waals surface area contributed by atoms with Crippen LogP contribution in [0.2, 0.25) is 0 Å². The minimum atomic E-state index is -0.490. The van der Waals surface area contributed by atoms with E-state index in [0.717, 1.165) is 36.8 Å². The van der Waals surface area contributed by atoms with Crippen molar-refractivity contribution in [3.8, 4) is 6.07 Å². The summed E-state index contributed by atoms with van der Waals surface area (Å²) in [7, 11) is 0. The number of rotatable bonds is 1. The van der Waals surface area contributed by atoms with Crippen molar-refractivity contribution in [2.75, 3.05) is 0 Å². The highest BCUT2D eigenvalue weighted by Crippen LogP contribution is 2.37. The van der Waals surface area contributed by atoms with Gasteiger partial charge in [-0.15, -0.1) is 0 Å². The minimum Gasteiger partial charge on any atom is -0.444 e. The highest BCUT2D eigenvalue weighted by molar-refractivity contribution is 5.74. The summed E-state index contributed by atoms with van der Waals surface area (Å²) < 4.78 is 5.58. The average Bonchev–Trinajstić information content (AvgIpc) is 2.52. The van der Waals surface area contributed by atoms with Gasteiger partial charge in [-0.05, 0) is 52.0 Å². The van der Waals surface area contributed by atoms with E-state index in [4.69, 9.17) is 10.00 Å². The fraction of sp³-hybridized carbons (Fsp3) is 0.556. The molecule has 0 radical (unpaired) electrons. The van der Waals surface area contributed by atoms with Crippen molar-refractivity contribution in [2.45, 2.75) is 64.1 Å². The third-order valence-electron chi connectivity index (χ3n) is 4.36. The van der Waals surface area contributed by atoms with Gasteiger partial charge in [0, 0.05) is 24.0 Å². The van der Waals surface area contributed by atoms with Crippen LogP contribution >= 0.6 is 0 Å². The number of fused-ring (bicyclic) bond motifs is 2. The number of piperidine rings is 1. The lowest BCUT2D eigenvalue weighted by atomic mass is 9.83. The quantitative estimate of drug-likeness (QED) is 0.791. The van der Waals surface area contributed by atoms with Crippen molar-refractivity contribution in [2.24, 2.45) is 0 Å². The van der Waals surface area contributed by atoms with Crippen molar-refractivity contribution in [3.63, 3.8) is 0 Å². The molecule has 2 aliphatic rings. The molecule has 2 bridgehead atoms. The van der Waals surface area contributed by atoms with Crippen LogP contribution in [0.15, 0.2) is 18.5 Å². The summed E-state index contributed by atoms with van der Waals surface area (Å²) in [5.74, 6) is 0.172. The van der Waals surface area contributed by atoms with Gasteiger partial charge < -0.3 is 4.74 Å². The zero-order chi connectivity index (χ0) is 17.3. The maximum atomic E-state index is 12.6. The normalized spacial score (nSPS) is 23.2. The van der Waals surface area contributed by atoms with Crippen molar-refractivity contribution in [1.29, 1.82) is 5.26 Å². The van der Waals surface area contributed by atoms with Gasteiger partial charge in [-0.2, -0.15) is 5.26 Å². The molecule has 1 saturated heterocycles. The highest BCUT2D eigenvalue weighted by Gasteiger charge is 2.39. The molecule has 24 heavy (non-hydrogen) atoms. The molecule has 3 rings (SSSR count). The number of hydrogen-bond acceptors (Lipinski definition) is 5. The Hall–Kier alpha value is -2.42. The molecular weight excluding hydrogens is 304 g/mol. The predicted octanol–water partition coefficient (Wildman–Crippen LogP) is 3.29. The molecule has 0 aliphatic carbocycles. The van der Waals surface area contributed by atoms with Gasteiger partial charge in [0.15, 0.2) is 0 Å². The molecular formula is C18H22N4O2. The molecule has 0 N–H and O–H groups in total. The molecule has 0 saturated carbocycles. The zero-order valence-electron chi connectivity index (χ0n) is 14.3. The number of carbonyl (C=O) groups is 1. The summed E-state index contributed by atoms with van der Waals surface area (Å²) in [5.41, 5.74) is 1.58. The Kier molecular flexibility index (Phi) is 4.27. The monoisotopic (exact) mass is 326 g/mol. The molecule has 3 heterocycles. The van der Waals surface area contributed by atoms with E-state index < -0.39 is 5.60 Å². The standard InChI is InChI=1S/C18H22N4O2/c1-18(2,3)24-17(23)22-14-5-4-6-15(22)8-12(7-14)13-10-20-16(9-19)21-11-13/h7,10-11,14-15H,4-6,8H2,1-3H3. The Morgan fingerprint density at radius 2 is 2.04 bits per heavy atom. The Labute approximate surface area is 142 Å². The smallest absolute Gasteiger partial charge is 0.411 e. The second-order valence-corrected chi connectivity index (χ2v) is 7.34. The van der Waals surface area contributed by atoms with E-state index in [1.165, 1.54) is 0 Å². The van der Waals surface area contributed by atoms with Crippen LogP contribution in [-0.2, 0) is 4.74 Å². The van der Waals surface area contributed by atoms with E-state index in [0.29, 0.717) is 0 Å². The summed E-state index contributed by atoms with van der Waals surface area (Å²) in [6.07, 6.45) is 9.08. The van der Waals surface area contributed by atoms with Gasteiger partial charge in [0.25, 0.3) is 0 Å². The third kappa shape index (κ3) is 3.40. The number of ether oxygens (including phenoxy) is 1. The average molecular weight is 326 g/mol. The molecule has 2 atom stereocenters. The summed E-state index contributed by atoms with van der Waals surface area (Å²) >= 11 is 0. The summed E-state index contributed by atoms with van der Waals surface area (Å²) in [6, 6.07) is 2.13. The SMILES string of the molecule is CC(C)(C)OC(=O)N1C2C=C(c3cnc(C#N)nc3)CC1CCC2. The van der Waals surface area contributed by atoms with Crippen LogP contribution in [0, 0.1) is 11.3 Å². The van der Waals surface area contributed by atoms with Crippen molar-refractivity contribution in [1.82, 2.24) is 14.9 Å². The van der Waals surface area contributed by atoms with Gasteiger partial charge in [0.05, 0.1) is 6.04 Å². The lowest BCUT2D eigenvalue weighted by molar-refractivity contribution is 0.0000845. The van der Waals surface area contributed by atoms with Crippen LogP contribution in [0.3, 0.4) is 0 Å². The number of nitriles is 1. The lowest BCUT2D eigenvalue weighted by Crippen LogP contribution is -2.53. The lowest BCUT2D eigenvalue weighted by Gasteiger charge is -2.45. The second-order valence-electron chi connectivity index (χ2n) is 7.34. The number of aromatic nitrogens is 2. The molecule has 0 spiro atoms. The Balaban J connectivity index is 1.84. The fourth-order valence-corrected chi connectivity index (χ4v) is 3.39. The van der Waals surface area contributed by atoms with Crippen LogP contribution in [0.1, 0.15) is 57.8 Å². The molecule has 6 heteroatoms. The molecule has 1 fully saturated rings. The fourth-order valence-electron chi connectivity index (χ4n) is 3.39. The Morgan fingerprint density at radius 3 is 2.62 bits per heavy atom. The van der Waals surface area contributed by atoms with Crippen LogP contribution in [0.25, 0.3) is 5.57 Å². The molecule has 1 amide bonds.